The molecule has 1 heterocycles. The van der Waals surface area contributed by atoms with E-state index in [0.717, 1.165) is 11.2 Å². The highest BCUT2D eigenvalue weighted by Crippen LogP contribution is 2.22. The van der Waals surface area contributed by atoms with Crippen LogP contribution in [0.25, 0.3) is 17.2 Å². The maximum absolute atomic E-state index is 13.6. The number of aromatic nitrogens is 1. The molecule has 0 saturated carbocycles. The van der Waals surface area contributed by atoms with E-state index in [4.69, 9.17) is 4.42 Å². The Bertz CT molecular complexity index is 1100. The van der Waals surface area contributed by atoms with Gasteiger partial charge in [-0.15, -0.1) is 0 Å². The van der Waals surface area contributed by atoms with Crippen LogP contribution in [0.4, 0.5) is 16.1 Å². The van der Waals surface area contributed by atoms with Crippen molar-refractivity contribution in [3.63, 3.8) is 0 Å². The summed E-state index contributed by atoms with van der Waals surface area (Å²) >= 11 is 0. The SMILES string of the molecule is O=C(/C=C/c1ccccc1F)c1ccc(Nc2nc3ccccc3o2)cc1. The second-order valence-electron chi connectivity index (χ2n) is 5.91. The fourth-order valence-corrected chi connectivity index (χ4v) is 2.64. The molecule has 0 fully saturated rings. The summed E-state index contributed by atoms with van der Waals surface area (Å²) in [5, 5.41) is 3.07. The summed E-state index contributed by atoms with van der Waals surface area (Å²) < 4.78 is 19.2. The molecule has 132 valence electrons. The topological polar surface area (TPSA) is 55.1 Å². The molecule has 5 heteroatoms. The van der Waals surface area contributed by atoms with Crippen LogP contribution in [-0.2, 0) is 0 Å². The van der Waals surface area contributed by atoms with Crippen LogP contribution in [0.3, 0.4) is 0 Å². The summed E-state index contributed by atoms with van der Waals surface area (Å²) in [7, 11) is 0. The van der Waals surface area contributed by atoms with Crippen LogP contribution < -0.4 is 5.32 Å². The number of hydrogen-bond donors (Lipinski definition) is 1. The first kappa shape index (κ1) is 16.7. The molecule has 0 bridgehead atoms. The summed E-state index contributed by atoms with van der Waals surface area (Å²) in [6.07, 6.45) is 2.84. The zero-order chi connectivity index (χ0) is 18.6. The number of anilines is 2. The van der Waals surface area contributed by atoms with Crippen molar-refractivity contribution in [2.75, 3.05) is 5.32 Å². The van der Waals surface area contributed by atoms with E-state index in [-0.39, 0.29) is 11.6 Å². The van der Waals surface area contributed by atoms with Crippen molar-refractivity contribution in [1.29, 1.82) is 0 Å². The fourth-order valence-electron chi connectivity index (χ4n) is 2.64. The van der Waals surface area contributed by atoms with Crippen molar-refractivity contribution in [1.82, 2.24) is 4.98 Å². The number of nitrogens with one attached hydrogen (secondary N) is 1. The summed E-state index contributed by atoms with van der Waals surface area (Å²) in [6.45, 7) is 0. The molecule has 0 radical (unpaired) electrons. The van der Waals surface area contributed by atoms with E-state index >= 15 is 0 Å². The van der Waals surface area contributed by atoms with Crippen molar-refractivity contribution >= 4 is 34.7 Å². The zero-order valence-electron chi connectivity index (χ0n) is 14.2. The number of fused-ring (bicyclic) bond motifs is 1. The Morgan fingerprint density at radius 1 is 0.963 bits per heavy atom. The number of ketones is 1. The largest absolute Gasteiger partial charge is 0.423 e. The quantitative estimate of drug-likeness (QED) is 0.372. The van der Waals surface area contributed by atoms with Crippen LogP contribution >= 0.6 is 0 Å². The second-order valence-corrected chi connectivity index (χ2v) is 5.91. The van der Waals surface area contributed by atoms with E-state index in [1.165, 1.54) is 18.2 Å². The molecular weight excluding hydrogens is 343 g/mol. The lowest BCUT2D eigenvalue weighted by atomic mass is 10.1. The average Bonchev–Trinajstić information content (AvgIpc) is 3.10. The van der Waals surface area contributed by atoms with Crippen molar-refractivity contribution in [3.8, 4) is 0 Å². The molecule has 0 spiro atoms. The van der Waals surface area contributed by atoms with Crippen LogP contribution in [-0.4, -0.2) is 10.8 Å². The van der Waals surface area contributed by atoms with Gasteiger partial charge in [0.15, 0.2) is 11.4 Å². The van der Waals surface area contributed by atoms with Crippen LogP contribution in [0.5, 0.6) is 0 Å². The Labute approximate surface area is 155 Å². The lowest BCUT2D eigenvalue weighted by Gasteiger charge is -2.02. The Morgan fingerprint density at radius 2 is 1.70 bits per heavy atom. The lowest BCUT2D eigenvalue weighted by Crippen LogP contribution is -1.96. The van der Waals surface area contributed by atoms with E-state index in [1.807, 2.05) is 24.3 Å². The van der Waals surface area contributed by atoms with E-state index in [1.54, 1.807) is 42.5 Å². The third-order valence-corrected chi connectivity index (χ3v) is 4.03. The smallest absolute Gasteiger partial charge is 0.300 e. The highest BCUT2D eigenvalue weighted by molar-refractivity contribution is 6.07. The number of halogens is 1. The van der Waals surface area contributed by atoms with Gasteiger partial charge in [-0.25, -0.2) is 4.39 Å². The second kappa shape index (κ2) is 7.25. The van der Waals surface area contributed by atoms with Gasteiger partial charge in [-0.2, -0.15) is 4.98 Å². The van der Waals surface area contributed by atoms with Crippen molar-refractivity contribution in [2.45, 2.75) is 0 Å². The van der Waals surface area contributed by atoms with Gasteiger partial charge in [0, 0.05) is 16.8 Å². The number of carbonyl (C=O) groups is 1. The Hall–Kier alpha value is -3.73. The van der Waals surface area contributed by atoms with Gasteiger partial charge in [0.1, 0.15) is 11.3 Å². The number of benzene rings is 3. The summed E-state index contributed by atoms with van der Waals surface area (Å²) in [5.74, 6) is -0.564. The van der Waals surface area contributed by atoms with Gasteiger partial charge in [-0.05, 0) is 54.6 Å². The monoisotopic (exact) mass is 358 g/mol. The van der Waals surface area contributed by atoms with Crippen molar-refractivity contribution in [3.05, 3.63) is 95.8 Å². The maximum Gasteiger partial charge on any atom is 0.300 e. The van der Waals surface area contributed by atoms with Crippen molar-refractivity contribution in [2.24, 2.45) is 0 Å². The Kier molecular flexibility index (Phi) is 4.49. The molecule has 0 saturated heterocycles. The van der Waals surface area contributed by atoms with E-state index in [2.05, 4.69) is 10.3 Å². The number of para-hydroxylation sites is 2. The van der Waals surface area contributed by atoms with Crippen molar-refractivity contribution < 1.29 is 13.6 Å². The first-order valence-corrected chi connectivity index (χ1v) is 8.39. The molecular formula is C22H15FN2O2. The van der Waals surface area contributed by atoms with Crippen LogP contribution in [0, 0.1) is 5.82 Å². The minimum atomic E-state index is -0.362. The lowest BCUT2D eigenvalue weighted by molar-refractivity contribution is 0.104. The molecule has 1 aromatic heterocycles. The van der Waals surface area contributed by atoms with Gasteiger partial charge < -0.3 is 9.73 Å². The molecule has 4 aromatic rings. The molecule has 3 aromatic carbocycles. The molecule has 27 heavy (non-hydrogen) atoms. The van der Waals surface area contributed by atoms with Crippen LogP contribution in [0.1, 0.15) is 15.9 Å². The number of nitrogens with zero attached hydrogens (tertiary/aromatic N) is 1. The summed E-state index contributed by atoms with van der Waals surface area (Å²) in [4.78, 5) is 16.6. The molecule has 1 N–H and O–H groups in total. The molecule has 0 aliphatic rings. The molecule has 4 rings (SSSR count). The average molecular weight is 358 g/mol. The van der Waals surface area contributed by atoms with E-state index in [0.29, 0.717) is 22.7 Å². The Morgan fingerprint density at radius 3 is 2.48 bits per heavy atom. The fraction of sp³-hybridized carbons (Fsp3) is 0. The van der Waals surface area contributed by atoms with Crippen LogP contribution in [0.2, 0.25) is 0 Å². The number of rotatable bonds is 5. The van der Waals surface area contributed by atoms with E-state index in [9.17, 15) is 9.18 Å². The molecule has 4 nitrogen and oxygen atoms in total. The minimum absolute atomic E-state index is 0.202. The molecule has 0 amide bonds. The minimum Gasteiger partial charge on any atom is -0.423 e. The van der Waals surface area contributed by atoms with Gasteiger partial charge in [-0.3, -0.25) is 4.79 Å². The number of allylic oxidation sites excluding steroid dienone is 1. The standard InChI is InChI=1S/C22H15FN2O2/c23-18-6-2-1-5-15(18)11-14-20(26)16-9-12-17(13-10-16)24-22-25-19-7-3-4-8-21(19)27-22/h1-14H,(H,24,25)/b14-11+. The van der Waals surface area contributed by atoms with E-state index < -0.39 is 0 Å². The highest BCUT2D eigenvalue weighted by atomic mass is 19.1. The van der Waals surface area contributed by atoms with Gasteiger partial charge in [0.2, 0.25) is 0 Å². The predicted molar refractivity (Wildman–Crippen MR) is 103 cm³/mol. The third kappa shape index (κ3) is 3.77. The summed E-state index contributed by atoms with van der Waals surface area (Å²) in [5.41, 5.74) is 3.09. The first-order chi connectivity index (χ1) is 13.2. The number of hydrogen-bond acceptors (Lipinski definition) is 4. The normalized spacial score (nSPS) is 11.1. The van der Waals surface area contributed by atoms with Gasteiger partial charge in [-0.1, -0.05) is 30.3 Å². The van der Waals surface area contributed by atoms with Gasteiger partial charge in [0.05, 0.1) is 0 Å². The third-order valence-electron chi connectivity index (χ3n) is 4.03. The number of oxazole rings is 1. The zero-order valence-corrected chi connectivity index (χ0v) is 14.2. The molecule has 0 aliphatic heterocycles. The molecule has 0 aliphatic carbocycles. The molecule has 0 unspecified atom stereocenters. The predicted octanol–water partition coefficient (Wildman–Crippen LogP) is 5.61. The van der Waals surface area contributed by atoms with Gasteiger partial charge >= 0.3 is 0 Å². The maximum atomic E-state index is 13.6. The first-order valence-electron chi connectivity index (χ1n) is 8.39. The highest BCUT2D eigenvalue weighted by Gasteiger charge is 2.07. The molecule has 0 atom stereocenters. The Balaban J connectivity index is 1.46. The number of carbonyl (C=O) groups excluding carboxylic acids is 1. The van der Waals surface area contributed by atoms with Gasteiger partial charge in [0.25, 0.3) is 6.01 Å². The van der Waals surface area contributed by atoms with Crippen LogP contribution in [0.15, 0.2) is 83.3 Å². The summed E-state index contributed by atoms with van der Waals surface area (Å²) in [6, 6.07) is 21.1.